The molecule has 0 unspecified atom stereocenters. The van der Waals surface area contributed by atoms with Crippen LogP contribution in [0.15, 0.2) is 18.2 Å². The second-order valence-corrected chi connectivity index (χ2v) is 7.00. The number of hydroxylamine groups is 2. The van der Waals surface area contributed by atoms with Crippen molar-refractivity contribution < 1.29 is 32.3 Å². The van der Waals surface area contributed by atoms with E-state index in [0.717, 1.165) is 0 Å². The molecule has 0 saturated carbocycles. The van der Waals surface area contributed by atoms with Gasteiger partial charge in [-0.25, -0.2) is 20.1 Å². The highest BCUT2D eigenvalue weighted by Crippen LogP contribution is 2.28. The number of carbonyl (C=O) groups is 2. The molecule has 1 atom stereocenters. The van der Waals surface area contributed by atoms with Gasteiger partial charge in [-0.3, -0.25) is 20.0 Å². The molecule has 2 amide bonds. The Morgan fingerprint density at radius 1 is 1.44 bits per heavy atom. The van der Waals surface area contributed by atoms with Gasteiger partial charge in [-0.05, 0) is 37.3 Å². The highest BCUT2D eigenvalue weighted by atomic mass is 32.1. The van der Waals surface area contributed by atoms with Gasteiger partial charge in [-0.15, -0.1) is 0 Å². The van der Waals surface area contributed by atoms with Crippen LogP contribution in [-0.2, 0) is 14.4 Å². The molecule has 1 aromatic rings. The van der Waals surface area contributed by atoms with E-state index in [4.69, 9.17) is 27.6 Å². The number of anilines is 2. The van der Waals surface area contributed by atoms with Crippen molar-refractivity contribution in [3.05, 3.63) is 24.0 Å². The van der Waals surface area contributed by atoms with Gasteiger partial charge in [0.1, 0.15) is 11.9 Å². The summed E-state index contributed by atoms with van der Waals surface area (Å²) in [7, 11) is 1.43. The Morgan fingerprint density at radius 2 is 2.16 bits per heavy atom. The minimum absolute atomic E-state index is 0.0229. The number of benzene rings is 1. The van der Waals surface area contributed by atoms with Gasteiger partial charge in [-0.1, -0.05) is 0 Å². The van der Waals surface area contributed by atoms with E-state index in [2.05, 4.69) is 5.43 Å². The Hall–Kier alpha value is -2.84. The molecular weight excluding hydrogens is 453 g/mol. The molecule has 14 heteroatoms. The zero-order valence-electron chi connectivity index (χ0n) is 17.5. The number of hydrazine groups is 1. The topological polar surface area (TPSA) is 112 Å². The van der Waals surface area contributed by atoms with Gasteiger partial charge < -0.3 is 15.0 Å². The van der Waals surface area contributed by atoms with Gasteiger partial charge in [0.05, 0.1) is 38.1 Å². The summed E-state index contributed by atoms with van der Waals surface area (Å²) < 4.78 is 44.5. The summed E-state index contributed by atoms with van der Waals surface area (Å²) in [4.78, 5) is 31.1. The average molecular weight is 478 g/mol. The molecule has 0 aliphatic carbocycles. The van der Waals surface area contributed by atoms with Crippen LogP contribution in [0.2, 0.25) is 0 Å². The fourth-order valence-corrected chi connectivity index (χ4v) is 3.22. The number of nitrogens with one attached hydrogen (secondary N) is 2. The second-order valence-electron chi connectivity index (χ2n) is 6.61. The number of likely N-dealkylation sites (N-methyl/N-ethyl adjacent to an activating group) is 1. The number of nitrogens with two attached hydrogens (primary N) is 1. The summed E-state index contributed by atoms with van der Waals surface area (Å²) in [6.45, 7) is 2.70. The molecule has 1 fully saturated rings. The first-order chi connectivity index (χ1) is 15.2. The van der Waals surface area contributed by atoms with Crippen LogP contribution in [0.4, 0.5) is 29.3 Å². The third-order valence-electron chi connectivity index (χ3n) is 4.68. The van der Waals surface area contributed by atoms with E-state index in [1.165, 1.54) is 29.2 Å². The number of amides is 2. The lowest BCUT2D eigenvalue weighted by Gasteiger charge is -2.28. The lowest BCUT2D eigenvalue weighted by Crippen LogP contribution is -2.45. The van der Waals surface area contributed by atoms with Gasteiger partial charge >= 0.3 is 12.5 Å². The maximum absolute atomic E-state index is 14.9. The van der Waals surface area contributed by atoms with Crippen LogP contribution in [0, 0.1) is 5.82 Å². The lowest BCUT2D eigenvalue weighted by atomic mass is 10.2. The molecule has 32 heavy (non-hydrogen) atoms. The van der Waals surface area contributed by atoms with Crippen molar-refractivity contribution in [2.45, 2.75) is 19.5 Å². The third-order valence-corrected chi connectivity index (χ3v) is 5.01. The van der Waals surface area contributed by atoms with Gasteiger partial charge in [0.25, 0.3) is 5.91 Å². The van der Waals surface area contributed by atoms with E-state index in [1.807, 2.05) is 12.2 Å². The quantitative estimate of drug-likeness (QED) is 0.257. The Bertz CT molecular complexity index is 834. The van der Waals surface area contributed by atoms with Crippen LogP contribution >= 0.6 is 12.2 Å². The van der Waals surface area contributed by atoms with Crippen LogP contribution in [-0.4, -0.2) is 74.5 Å². The van der Waals surface area contributed by atoms with E-state index >= 15 is 0 Å². The lowest BCUT2D eigenvalue weighted by molar-refractivity contribution is -0.132. The van der Waals surface area contributed by atoms with Crippen molar-refractivity contribution >= 4 is 40.7 Å². The maximum Gasteiger partial charge on any atom is 0.414 e. The minimum atomic E-state index is -3.16. The minimum Gasteiger partial charge on any atom is -0.442 e. The number of cyclic esters (lactones) is 1. The predicted octanol–water partition coefficient (Wildman–Crippen LogP) is 0.970. The monoisotopic (exact) mass is 478 g/mol. The molecule has 0 radical (unpaired) electrons. The Kier molecular flexibility index (Phi) is 9.28. The van der Waals surface area contributed by atoms with Crippen molar-refractivity contribution in [1.29, 1.82) is 0 Å². The van der Waals surface area contributed by atoms with Gasteiger partial charge in [0, 0.05) is 13.1 Å². The SMILES string of the molecule is CCN(CCN(OC)C(=S)NN)c1ccc(N2C[C@H](CNC(=O)C(F)F)OC2=O)cc1F. The first kappa shape index (κ1) is 25.4. The summed E-state index contributed by atoms with van der Waals surface area (Å²) in [5.74, 6) is 3.26. The zero-order chi connectivity index (χ0) is 23.8. The first-order valence-electron chi connectivity index (χ1n) is 9.62. The normalized spacial score (nSPS) is 15.5. The molecule has 2 rings (SSSR count). The number of hydrogen-bond acceptors (Lipinski definition) is 7. The molecule has 4 N–H and O–H groups in total. The van der Waals surface area contributed by atoms with Crippen LogP contribution in [0.3, 0.4) is 0 Å². The standard InChI is InChI=1S/C18H25F3N6O4S/c1-3-25(6-7-27(30-2)17(32)24-22)14-5-4-11(8-13(14)19)26-10-12(31-18(26)29)9-23-16(28)15(20)21/h4-5,8,12,15H,3,6-7,9-10,22H2,1-2H3,(H,23,28)(H,24,32)/t12-/m0/s1. The Balaban J connectivity index is 2.04. The fraction of sp³-hybridized carbons (Fsp3) is 0.500. The molecule has 1 aliphatic heterocycles. The summed E-state index contributed by atoms with van der Waals surface area (Å²) in [6.07, 6.45) is -4.76. The van der Waals surface area contributed by atoms with Gasteiger partial charge in [0.15, 0.2) is 0 Å². The van der Waals surface area contributed by atoms with E-state index in [-0.39, 0.29) is 23.9 Å². The van der Waals surface area contributed by atoms with Crippen molar-refractivity contribution in [3.8, 4) is 0 Å². The number of thiocarbonyl (C=S) groups is 1. The van der Waals surface area contributed by atoms with Crippen LogP contribution in [0.5, 0.6) is 0 Å². The smallest absolute Gasteiger partial charge is 0.414 e. The maximum atomic E-state index is 14.9. The molecule has 0 bridgehead atoms. The fourth-order valence-electron chi connectivity index (χ4n) is 3.06. The van der Waals surface area contributed by atoms with E-state index in [9.17, 15) is 22.8 Å². The van der Waals surface area contributed by atoms with Crippen molar-refractivity contribution in [2.75, 3.05) is 49.6 Å². The molecule has 10 nitrogen and oxygen atoms in total. The highest BCUT2D eigenvalue weighted by Gasteiger charge is 2.33. The molecule has 1 aliphatic rings. The summed E-state index contributed by atoms with van der Waals surface area (Å²) in [5.41, 5.74) is 2.84. The van der Waals surface area contributed by atoms with Gasteiger partial charge in [-0.2, -0.15) is 8.78 Å². The average Bonchev–Trinajstić information content (AvgIpc) is 3.15. The van der Waals surface area contributed by atoms with Crippen molar-refractivity contribution in [3.63, 3.8) is 0 Å². The van der Waals surface area contributed by atoms with E-state index in [1.54, 1.807) is 11.0 Å². The van der Waals surface area contributed by atoms with Crippen molar-refractivity contribution in [2.24, 2.45) is 5.84 Å². The number of nitrogens with zero attached hydrogens (tertiary/aromatic N) is 3. The molecular formula is C18H25F3N6O4S. The van der Waals surface area contributed by atoms with E-state index < -0.39 is 30.3 Å². The van der Waals surface area contributed by atoms with Crippen LogP contribution in [0.25, 0.3) is 0 Å². The molecule has 0 spiro atoms. The number of rotatable bonds is 10. The van der Waals surface area contributed by atoms with Crippen LogP contribution < -0.4 is 26.4 Å². The highest BCUT2D eigenvalue weighted by molar-refractivity contribution is 7.80. The van der Waals surface area contributed by atoms with E-state index in [0.29, 0.717) is 25.3 Å². The number of alkyl halides is 2. The number of ether oxygens (including phenoxy) is 1. The zero-order valence-corrected chi connectivity index (χ0v) is 18.3. The number of halogens is 3. The Morgan fingerprint density at radius 3 is 2.72 bits per heavy atom. The Labute approximate surface area is 188 Å². The first-order valence-corrected chi connectivity index (χ1v) is 10.0. The summed E-state index contributed by atoms with van der Waals surface area (Å²) in [6, 6.07) is 4.24. The van der Waals surface area contributed by atoms with Gasteiger partial charge in [0.2, 0.25) is 5.11 Å². The molecule has 0 aromatic heterocycles. The predicted molar refractivity (Wildman–Crippen MR) is 115 cm³/mol. The largest absolute Gasteiger partial charge is 0.442 e. The summed E-state index contributed by atoms with van der Waals surface area (Å²) in [5, 5.41) is 3.51. The third kappa shape index (κ3) is 6.34. The summed E-state index contributed by atoms with van der Waals surface area (Å²) >= 11 is 5.01. The number of hydrogen-bond donors (Lipinski definition) is 3. The molecule has 178 valence electrons. The molecule has 1 saturated heterocycles. The second kappa shape index (κ2) is 11.7. The molecule has 1 aromatic carbocycles. The molecule has 1 heterocycles. The van der Waals surface area contributed by atoms with Crippen molar-refractivity contribution in [1.82, 2.24) is 15.8 Å². The van der Waals surface area contributed by atoms with Crippen LogP contribution in [0.1, 0.15) is 6.92 Å². The number of carbonyl (C=O) groups excluding carboxylic acids is 2.